The lowest BCUT2D eigenvalue weighted by Crippen LogP contribution is -2.61. The van der Waals surface area contributed by atoms with Gasteiger partial charge in [-0.15, -0.1) is 0 Å². The van der Waals surface area contributed by atoms with E-state index in [9.17, 15) is 5.11 Å². The molecule has 2 heteroatoms. The molecular weight excluding hydrogens is 270 g/mol. The molecule has 0 amide bonds. The Morgan fingerprint density at radius 1 is 1.05 bits per heavy atom. The topological polar surface area (TPSA) is 23.5 Å². The molecule has 1 atom stereocenters. The van der Waals surface area contributed by atoms with Crippen LogP contribution in [0.25, 0.3) is 10.8 Å². The minimum atomic E-state index is -0.521. The maximum absolute atomic E-state index is 11.4. The van der Waals surface area contributed by atoms with Crippen LogP contribution >= 0.6 is 0 Å². The van der Waals surface area contributed by atoms with Crippen LogP contribution < -0.4 is 0 Å². The lowest BCUT2D eigenvalue weighted by Gasteiger charge is -2.54. The van der Waals surface area contributed by atoms with Crippen molar-refractivity contribution in [1.82, 2.24) is 4.90 Å². The molecule has 2 aromatic rings. The van der Waals surface area contributed by atoms with Crippen LogP contribution in [-0.4, -0.2) is 36.2 Å². The van der Waals surface area contributed by atoms with Gasteiger partial charge in [0.25, 0.3) is 0 Å². The predicted molar refractivity (Wildman–Crippen MR) is 91.3 cm³/mol. The molecule has 1 saturated carbocycles. The first kappa shape index (κ1) is 14.2. The van der Waals surface area contributed by atoms with Crippen LogP contribution in [0.4, 0.5) is 0 Å². The Labute approximate surface area is 132 Å². The molecule has 0 radical (unpaired) electrons. The van der Waals surface area contributed by atoms with Gasteiger partial charge in [0.1, 0.15) is 0 Å². The average molecular weight is 295 g/mol. The third kappa shape index (κ3) is 1.87. The highest BCUT2D eigenvalue weighted by atomic mass is 16.3. The maximum Gasteiger partial charge on any atom is 0.0759 e. The first-order chi connectivity index (χ1) is 10.5. The smallest absolute Gasteiger partial charge is 0.0759 e. The van der Waals surface area contributed by atoms with Crippen LogP contribution in [0.15, 0.2) is 36.4 Å². The van der Waals surface area contributed by atoms with Crippen molar-refractivity contribution in [3.63, 3.8) is 0 Å². The van der Waals surface area contributed by atoms with Crippen molar-refractivity contribution in [2.75, 3.05) is 20.6 Å². The van der Waals surface area contributed by atoms with Gasteiger partial charge in [0, 0.05) is 12.0 Å². The monoisotopic (exact) mass is 295 g/mol. The van der Waals surface area contributed by atoms with Crippen LogP contribution in [0.5, 0.6) is 0 Å². The lowest BCUT2D eigenvalue weighted by molar-refractivity contribution is -0.0562. The summed E-state index contributed by atoms with van der Waals surface area (Å²) in [6.45, 7) is 0.939. The van der Waals surface area contributed by atoms with Gasteiger partial charge in [-0.3, -0.25) is 0 Å². The van der Waals surface area contributed by atoms with Crippen LogP contribution in [0, 0.1) is 0 Å². The number of hydrogen-bond donors (Lipinski definition) is 1. The molecule has 0 bridgehead atoms. The molecular formula is C20H25NO. The molecule has 0 aromatic heterocycles. The summed E-state index contributed by atoms with van der Waals surface area (Å²) >= 11 is 0. The Hall–Kier alpha value is -1.38. The number of fused-ring (bicyclic) bond motifs is 2. The molecule has 2 aliphatic rings. The minimum Gasteiger partial charge on any atom is -0.389 e. The first-order valence-corrected chi connectivity index (χ1v) is 8.43. The van der Waals surface area contributed by atoms with Crippen molar-refractivity contribution in [3.8, 4) is 0 Å². The fourth-order valence-electron chi connectivity index (χ4n) is 4.87. The van der Waals surface area contributed by atoms with Gasteiger partial charge in [0.15, 0.2) is 0 Å². The van der Waals surface area contributed by atoms with Crippen molar-refractivity contribution >= 4 is 10.8 Å². The molecule has 2 aromatic carbocycles. The Bertz CT molecular complexity index is 715. The second kappa shape index (κ2) is 4.81. The zero-order valence-corrected chi connectivity index (χ0v) is 13.6. The summed E-state index contributed by atoms with van der Waals surface area (Å²) < 4.78 is 0. The quantitative estimate of drug-likeness (QED) is 0.937. The summed E-state index contributed by atoms with van der Waals surface area (Å²) in [5.41, 5.74) is 2.23. The highest BCUT2D eigenvalue weighted by Gasteiger charge is 2.58. The van der Waals surface area contributed by atoms with Gasteiger partial charge in [-0.2, -0.15) is 0 Å². The summed E-state index contributed by atoms with van der Waals surface area (Å²) in [4.78, 5) is 2.24. The normalized spacial score (nSPS) is 26.2. The fourth-order valence-corrected chi connectivity index (χ4v) is 4.87. The van der Waals surface area contributed by atoms with E-state index in [1.807, 2.05) is 0 Å². The van der Waals surface area contributed by atoms with Gasteiger partial charge in [0.05, 0.1) is 5.60 Å². The van der Waals surface area contributed by atoms with Crippen molar-refractivity contribution < 1.29 is 5.11 Å². The Morgan fingerprint density at radius 2 is 1.68 bits per heavy atom. The van der Waals surface area contributed by atoms with Crippen LogP contribution in [-0.2, 0) is 11.8 Å². The largest absolute Gasteiger partial charge is 0.389 e. The van der Waals surface area contributed by atoms with Crippen molar-refractivity contribution in [1.29, 1.82) is 0 Å². The highest BCUT2D eigenvalue weighted by molar-refractivity contribution is 5.85. The first-order valence-electron chi connectivity index (χ1n) is 8.43. The molecule has 1 fully saturated rings. The van der Waals surface area contributed by atoms with Gasteiger partial charge in [0.2, 0.25) is 0 Å². The SMILES string of the molecule is CN(C)CC1(C2(O)CCCC2)Cc2cc3ccccc3cc21. The molecule has 2 aliphatic carbocycles. The summed E-state index contributed by atoms with van der Waals surface area (Å²) in [6, 6.07) is 13.3. The highest BCUT2D eigenvalue weighted by Crippen LogP contribution is 2.55. The molecule has 0 spiro atoms. The fraction of sp³-hybridized carbons (Fsp3) is 0.500. The second-order valence-electron chi connectivity index (χ2n) is 7.59. The lowest BCUT2D eigenvalue weighted by atomic mass is 9.54. The van der Waals surface area contributed by atoms with E-state index in [1.165, 1.54) is 21.9 Å². The number of aliphatic hydroxyl groups is 1. The second-order valence-corrected chi connectivity index (χ2v) is 7.59. The number of rotatable bonds is 3. The molecule has 0 heterocycles. The molecule has 1 unspecified atom stereocenters. The van der Waals surface area contributed by atoms with Gasteiger partial charge in [-0.1, -0.05) is 49.2 Å². The van der Waals surface area contributed by atoms with E-state index in [0.29, 0.717) is 0 Å². The molecule has 1 N–H and O–H groups in total. The standard InChI is InChI=1S/C20H25NO/c1-21(2)14-19(20(22)9-5-6-10-20)13-17-11-15-7-3-4-8-16(15)12-18(17)19/h3-4,7-8,11-12,22H,5-6,9-10,13-14H2,1-2H3. The Kier molecular flexibility index (Phi) is 3.11. The molecule has 116 valence electrons. The van der Waals surface area contributed by atoms with E-state index in [0.717, 1.165) is 38.6 Å². The predicted octanol–water partition coefficient (Wildman–Crippen LogP) is 3.50. The van der Waals surface area contributed by atoms with E-state index in [4.69, 9.17) is 0 Å². The van der Waals surface area contributed by atoms with Crippen molar-refractivity contribution in [2.45, 2.75) is 43.1 Å². The Morgan fingerprint density at radius 3 is 2.32 bits per heavy atom. The minimum absolute atomic E-state index is 0.0770. The number of benzene rings is 2. The van der Waals surface area contributed by atoms with Gasteiger partial charge in [-0.25, -0.2) is 0 Å². The number of likely N-dealkylation sites (N-methyl/N-ethyl adjacent to an activating group) is 1. The van der Waals surface area contributed by atoms with Crippen LogP contribution in [0.3, 0.4) is 0 Å². The average Bonchev–Trinajstić information content (AvgIpc) is 2.92. The van der Waals surface area contributed by atoms with Gasteiger partial charge in [-0.05, 0) is 55.3 Å². The van der Waals surface area contributed by atoms with Gasteiger partial charge >= 0.3 is 0 Å². The van der Waals surface area contributed by atoms with Crippen LogP contribution in [0.1, 0.15) is 36.8 Å². The van der Waals surface area contributed by atoms with Crippen molar-refractivity contribution in [3.05, 3.63) is 47.5 Å². The molecule has 2 nitrogen and oxygen atoms in total. The third-order valence-corrected chi connectivity index (χ3v) is 5.89. The molecule has 0 saturated heterocycles. The van der Waals surface area contributed by atoms with E-state index < -0.39 is 5.60 Å². The molecule has 4 rings (SSSR count). The zero-order valence-electron chi connectivity index (χ0n) is 13.6. The zero-order chi connectivity index (χ0) is 15.4. The molecule has 22 heavy (non-hydrogen) atoms. The summed E-state index contributed by atoms with van der Waals surface area (Å²) in [7, 11) is 4.25. The summed E-state index contributed by atoms with van der Waals surface area (Å²) in [5, 5.41) is 14.0. The number of hydrogen-bond acceptors (Lipinski definition) is 2. The molecule has 0 aliphatic heterocycles. The van der Waals surface area contributed by atoms with E-state index in [-0.39, 0.29) is 5.41 Å². The van der Waals surface area contributed by atoms with E-state index >= 15 is 0 Å². The summed E-state index contributed by atoms with van der Waals surface area (Å²) in [6.07, 6.45) is 5.24. The van der Waals surface area contributed by atoms with Crippen molar-refractivity contribution in [2.24, 2.45) is 0 Å². The Balaban J connectivity index is 1.86. The number of nitrogens with zero attached hydrogens (tertiary/aromatic N) is 1. The maximum atomic E-state index is 11.4. The van der Waals surface area contributed by atoms with E-state index in [2.05, 4.69) is 55.4 Å². The summed E-state index contributed by atoms with van der Waals surface area (Å²) in [5.74, 6) is 0. The third-order valence-electron chi connectivity index (χ3n) is 5.89. The van der Waals surface area contributed by atoms with Gasteiger partial charge < -0.3 is 10.0 Å². The van der Waals surface area contributed by atoms with Crippen LogP contribution in [0.2, 0.25) is 0 Å². The van der Waals surface area contributed by atoms with E-state index in [1.54, 1.807) is 0 Å².